The fraction of sp³-hybridized carbons (Fsp3) is 0.385. The van der Waals surface area contributed by atoms with Gasteiger partial charge >= 0.3 is 0 Å². The average Bonchev–Trinajstić information content (AvgIpc) is 2.29. The largest absolute Gasteiger partial charge is 0.324 e. The van der Waals surface area contributed by atoms with Crippen molar-refractivity contribution in [2.24, 2.45) is 0 Å². The molecule has 0 bridgehead atoms. The third-order valence-electron chi connectivity index (χ3n) is 2.77. The summed E-state index contributed by atoms with van der Waals surface area (Å²) in [5.41, 5.74) is 2.11. The van der Waals surface area contributed by atoms with E-state index in [-0.39, 0.29) is 17.6 Å². The van der Waals surface area contributed by atoms with Gasteiger partial charge in [-0.3, -0.25) is 4.79 Å². The maximum Gasteiger partial charge on any atom is 0.238 e. The zero-order chi connectivity index (χ0) is 12.4. The molecular formula is C13H14N2OS. The van der Waals surface area contributed by atoms with E-state index >= 15 is 0 Å². The highest BCUT2D eigenvalue weighted by atomic mass is 32.2. The minimum absolute atomic E-state index is 0.0682. The zero-order valence-electron chi connectivity index (χ0n) is 9.86. The first-order valence-electron chi connectivity index (χ1n) is 5.60. The molecule has 1 atom stereocenters. The van der Waals surface area contributed by atoms with E-state index in [0.29, 0.717) is 5.92 Å². The summed E-state index contributed by atoms with van der Waals surface area (Å²) in [6.07, 6.45) is 0.252. The Bertz CT molecular complexity index is 491. The van der Waals surface area contributed by atoms with Gasteiger partial charge in [-0.2, -0.15) is 5.26 Å². The van der Waals surface area contributed by atoms with Gasteiger partial charge in [0.15, 0.2) is 0 Å². The summed E-state index contributed by atoms with van der Waals surface area (Å²) in [6, 6.07) is 8.14. The SMILES string of the molecule is CC(C)c1ccc2c(c1)SC(CC#N)C(=O)N2. The van der Waals surface area contributed by atoms with Crippen LogP contribution >= 0.6 is 11.8 Å². The molecule has 2 rings (SSSR count). The average molecular weight is 246 g/mol. The molecule has 0 saturated heterocycles. The molecule has 1 heterocycles. The summed E-state index contributed by atoms with van der Waals surface area (Å²) in [5, 5.41) is 11.3. The quantitative estimate of drug-likeness (QED) is 0.872. The summed E-state index contributed by atoms with van der Waals surface area (Å²) in [4.78, 5) is 12.7. The monoisotopic (exact) mass is 246 g/mol. The molecular weight excluding hydrogens is 232 g/mol. The predicted molar refractivity (Wildman–Crippen MR) is 69.0 cm³/mol. The van der Waals surface area contributed by atoms with E-state index in [0.717, 1.165) is 10.6 Å². The highest BCUT2D eigenvalue weighted by Gasteiger charge is 2.26. The van der Waals surface area contributed by atoms with Gasteiger partial charge in [-0.25, -0.2) is 0 Å². The fourth-order valence-electron chi connectivity index (χ4n) is 1.74. The Morgan fingerprint density at radius 3 is 2.94 bits per heavy atom. The molecule has 1 aromatic carbocycles. The summed E-state index contributed by atoms with van der Waals surface area (Å²) in [6.45, 7) is 4.28. The maximum absolute atomic E-state index is 11.7. The Hall–Kier alpha value is -1.47. The van der Waals surface area contributed by atoms with Crippen LogP contribution < -0.4 is 5.32 Å². The maximum atomic E-state index is 11.7. The Balaban J connectivity index is 2.31. The number of fused-ring (bicyclic) bond motifs is 1. The van der Waals surface area contributed by atoms with E-state index < -0.39 is 0 Å². The van der Waals surface area contributed by atoms with E-state index in [1.165, 1.54) is 17.3 Å². The van der Waals surface area contributed by atoms with Crippen LogP contribution in [-0.4, -0.2) is 11.2 Å². The molecule has 17 heavy (non-hydrogen) atoms. The van der Waals surface area contributed by atoms with E-state index in [2.05, 4.69) is 31.3 Å². The number of anilines is 1. The number of hydrogen-bond donors (Lipinski definition) is 1. The first kappa shape index (κ1) is 12.0. The van der Waals surface area contributed by atoms with Crippen LogP contribution in [0.25, 0.3) is 0 Å². The Kier molecular flexibility index (Phi) is 3.39. The number of carbonyl (C=O) groups is 1. The van der Waals surface area contributed by atoms with Crippen molar-refractivity contribution in [2.75, 3.05) is 5.32 Å². The molecule has 1 aliphatic heterocycles. The zero-order valence-corrected chi connectivity index (χ0v) is 10.7. The van der Waals surface area contributed by atoms with Crippen LogP contribution in [0.2, 0.25) is 0 Å². The number of benzene rings is 1. The topological polar surface area (TPSA) is 52.9 Å². The van der Waals surface area contributed by atoms with Crippen LogP contribution in [0.3, 0.4) is 0 Å². The number of nitrogens with one attached hydrogen (secondary N) is 1. The lowest BCUT2D eigenvalue weighted by molar-refractivity contribution is -0.115. The number of amides is 1. The molecule has 1 N–H and O–H groups in total. The summed E-state index contributed by atoms with van der Waals surface area (Å²) < 4.78 is 0. The Morgan fingerprint density at radius 2 is 2.29 bits per heavy atom. The molecule has 1 aromatic rings. The molecule has 1 amide bonds. The van der Waals surface area contributed by atoms with Gasteiger partial charge in [-0.1, -0.05) is 19.9 Å². The van der Waals surface area contributed by atoms with Crippen molar-refractivity contribution in [3.8, 4) is 6.07 Å². The fourth-order valence-corrected chi connectivity index (χ4v) is 2.82. The molecule has 88 valence electrons. The number of hydrogen-bond acceptors (Lipinski definition) is 3. The van der Waals surface area contributed by atoms with Crippen molar-refractivity contribution in [1.29, 1.82) is 5.26 Å². The molecule has 1 unspecified atom stereocenters. The second kappa shape index (κ2) is 4.80. The third kappa shape index (κ3) is 2.45. The van der Waals surface area contributed by atoms with Crippen LogP contribution in [0.15, 0.2) is 23.1 Å². The molecule has 0 aromatic heterocycles. The Labute approximate surface area is 105 Å². The lowest BCUT2D eigenvalue weighted by atomic mass is 10.0. The molecule has 0 saturated carbocycles. The van der Waals surface area contributed by atoms with E-state index in [1.807, 2.05) is 12.1 Å². The van der Waals surface area contributed by atoms with Crippen molar-refractivity contribution < 1.29 is 4.79 Å². The number of thioether (sulfide) groups is 1. The smallest absolute Gasteiger partial charge is 0.238 e. The number of nitrogens with zero attached hydrogens (tertiary/aromatic N) is 1. The first-order valence-corrected chi connectivity index (χ1v) is 6.48. The minimum Gasteiger partial charge on any atom is -0.324 e. The molecule has 0 radical (unpaired) electrons. The van der Waals surface area contributed by atoms with Crippen LogP contribution in [0.4, 0.5) is 5.69 Å². The third-order valence-corrected chi connectivity index (χ3v) is 4.03. The van der Waals surface area contributed by atoms with Gasteiger partial charge in [0.05, 0.1) is 18.2 Å². The first-order chi connectivity index (χ1) is 8.11. The molecule has 0 aliphatic carbocycles. The number of nitriles is 1. The van der Waals surface area contributed by atoms with Gasteiger partial charge in [0, 0.05) is 4.90 Å². The highest BCUT2D eigenvalue weighted by molar-refractivity contribution is 8.01. The number of rotatable bonds is 2. The lowest BCUT2D eigenvalue weighted by Gasteiger charge is -2.23. The molecule has 4 heteroatoms. The molecule has 0 spiro atoms. The summed E-state index contributed by atoms with van der Waals surface area (Å²) >= 11 is 1.49. The van der Waals surface area contributed by atoms with Crippen LogP contribution in [0.5, 0.6) is 0 Å². The van der Waals surface area contributed by atoms with Gasteiger partial charge in [-0.15, -0.1) is 11.8 Å². The van der Waals surface area contributed by atoms with Gasteiger partial charge < -0.3 is 5.32 Å². The van der Waals surface area contributed by atoms with Gasteiger partial charge in [0.2, 0.25) is 5.91 Å². The van der Waals surface area contributed by atoms with Crippen molar-refractivity contribution in [1.82, 2.24) is 0 Å². The van der Waals surface area contributed by atoms with Crippen molar-refractivity contribution in [3.63, 3.8) is 0 Å². The predicted octanol–water partition coefficient (Wildman–Crippen LogP) is 3.14. The van der Waals surface area contributed by atoms with Crippen LogP contribution in [0, 0.1) is 11.3 Å². The van der Waals surface area contributed by atoms with E-state index in [9.17, 15) is 4.79 Å². The Morgan fingerprint density at radius 1 is 1.53 bits per heavy atom. The van der Waals surface area contributed by atoms with Gasteiger partial charge in [0.25, 0.3) is 0 Å². The van der Waals surface area contributed by atoms with E-state index in [1.54, 1.807) is 0 Å². The van der Waals surface area contributed by atoms with Crippen molar-refractivity contribution in [3.05, 3.63) is 23.8 Å². The lowest BCUT2D eigenvalue weighted by Crippen LogP contribution is -2.28. The van der Waals surface area contributed by atoms with Gasteiger partial charge in [0.1, 0.15) is 5.25 Å². The normalized spacial score (nSPS) is 18.5. The van der Waals surface area contributed by atoms with Crippen molar-refractivity contribution in [2.45, 2.75) is 36.3 Å². The standard InChI is InChI=1S/C13H14N2OS/c1-8(2)9-3-4-10-12(7-9)17-11(5-6-14)13(16)15-10/h3-4,7-8,11H,5H2,1-2H3,(H,15,16). The molecule has 3 nitrogen and oxygen atoms in total. The number of carbonyl (C=O) groups excluding carboxylic acids is 1. The highest BCUT2D eigenvalue weighted by Crippen LogP contribution is 2.38. The van der Waals surface area contributed by atoms with E-state index in [4.69, 9.17) is 5.26 Å². The summed E-state index contributed by atoms with van der Waals surface area (Å²) in [5.74, 6) is 0.397. The minimum atomic E-state index is -0.282. The molecule has 1 aliphatic rings. The second-order valence-corrected chi connectivity index (χ2v) is 5.61. The molecule has 0 fully saturated rings. The summed E-state index contributed by atoms with van der Waals surface area (Å²) in [7, 11) is 0. The van der Waals surface area contributed by atoms with Crippen LogP contribution in [-0.2, 0) is 4.79 Å². The van der Waals surface area contributed by atoms with Crippen molar-refractivity contribution >= 4 is 23.4 Å². The van der Waals surface area contributed by atoms with Crippen LogP contribution in [0.1, 0.15) is 31.7 Å². The van der Waals surface area contributed by atoms with Gasteiger partial charge in [-0.05, 0) is 23.6 Å². The second-order valence-electron chi connectivity index (χ2n) is 4.37.